The molecule has 3 rings (SSSR count). The monoisotopic (exact) mass is 326 g/mol. The highest BCUT2D eigenvalue weighted by Gasteiger charge is 2.26. The van der Waals surface area contributed by atoms with Crippen LogP contribution < -0.4 is 5.32 Å². The topological polar surface area (TPSA) is 34.0 Å². The van der Waals surface area contributed by atoms with Crippen LogP contribution in [0.15, 0.2) is 41.3 Å². The lowest BCUT2D eigenvalue weighted by atomic mass is 10.2. The third kappa shape index (κ3) is 3.70. The molecule has 0 bridgehead atoms. The van der Waals surface area contributed by atoms with Gasteiger partial charge in [0.1, 0.15) is 0 Å². The molecule has 1 fully saturated rings. The van der Waals surface area contributed by atoms with E-state index in [1.165, 1.54) is 24.2 Å². The summed E-state index contributed by atoms with van der Waals surface area (Å²) >= 11 is 1.66. The summed E-state index contributed by atoms with van der Waals surface area (Å²) in [6.07, 6.45) is 8.09. The molecule has 0 aliphatic heterocycles. The van der Waals surface area contributed by atoms with Crippen molar-refractivity contribution in [1.29, 1.82) is 0 Å². The lowest BCUT2D eigenvalue weighted by molar-refractivity contribution is -0.111. The first-order valence-electron chi connectivity index (χ1n) is 7.90. The molecule has 1 N–H and O–H groups in total. The minimum absolute atomic E-state index is 0.0977. The molecule has 0 spiro atoms. The number of nitrogens with one attached hydrogen (secondary N) is 1. The Morgan fingerprint density at radius 3 is 2.78 bits per heavy atom. The number of rotatable bonds is 5. The van der Waals surface area contributed by atoms with Crippen LogP contribution in [0.25, 0.3) is 6.08 Å². The number of hydrogen-bond acceptors (Lipinski definition) is 2. The highest BCUT2D eigenvalue weighted by Crippen LogP contribution is 2.38. The number of amides is 1. The van der Waals surface area contributed by atoms with Crippen molar-refractivity contribution in [1.82, 2.24) is 4.57 Å². The molecular weight excluding hydrogens is 304 g/mol. The minimum atomic E-state index is -0.0977. The normalized spacial score (nSPS) is 14.4. The molecule has 4 heteroatoms. The Balaban J connectivity index is 1.70. The Kier molecular flexibility index (Phi) is 4.62. The molecule has 0 saturated heterocycles. The van der Waals surface area contributed by atoms with Crippen molar-refractivity contribution >= 4 is 29.4 Å². The highest BCUT2D eigenvalue weighted by molar-refractivity contribution is 7.98. The molecule has 1 aromatic heterocycles. The quantitative estimate of drug-likeness (QED) is 0.632. The molecule has 23 heavy (non-hydrogen) atoms. The number of carbonyl (C=O) groups is 1. The number of hydrogen-bond donors (Lipinski definition) is 1. The second-order valence-electron chi connectivity index (χ2n) is 5.98. The average molecular weight is 326 g/mol. The Morgan fingerprint density at radius 2 is 2.09 bits per heavy atom. The summed E-state index contributed by atoms with van der Waals surface area (Å²) in [6, 6.07) is 10.7. The van der Waals surface area contributed by atoms with Gasteiger partial charge in [-0.05, 0) is 68.8 Å². The van der Waals surface area contributed by atoms with Gasteiger partial charge < -0.3 is 9.88 Å². The van der Waals surface area contributed by atoms with Crippen molar-refractivity contribution in [2.45, 2.75) is 37.6 Å². The first kappa shape index (κ1) is 15.9. The Labute approximate surface area is 141 Å². The molecule has 1 heterocycles. The van der Waals surface area contributed by atoms with Gasteiger partial charge in [0.05, 0.1) is 0 Å². The fourth-order valence-electron chi connectivity index (χ4n) is 2.92. The van der Waals surface area contributed by atoms with Gasteiger partial charge in [-0.25, -0.2) is 0 Å². The summed E-state index contributed by atoms with van der Waals surface area (Å²) in [4.78, 5) is 13.3. The van der Waals surface area contributed by atoms with Crippen LogP contribution in [-0.2, 0) is 4.79 Å². The van der Waals surface area contributed by atoms with E-state index < -0.39 is 0 Å². The number of aromatic nitrogens is 1. The predicted molar refractivity (Wildman–Crippen MR) is 98.1 cm³/mol. The average Bonchev–Trinajstić information content (AvgIpc) is 3.32. The SMILES string of the molecule is CSc1cccc(NC(=O)/C=C/c2cc(C)n(C3CC3)c2C)c1. The van der Waals surface area contributed by atoms with Crippen molar-refractivity contribution in [2.75, 3.05) is 11.6 Å². The molecule has 1 aliphatic carbocycles. The molecule has 0 radical (unpaired) electrons. The van der Waals surface area contributed by atoms with Gasteiger partial charge in [0.25, 0.3) is 0 Å². The van der Waals surface area contributed by atoms with Crippen LogP contribution in [-0.4, -0.2) is 16.7 Å². The Hall–Kier alpha value is -1.94. The molecule has 1 saturated carbocycles. The first-order chi connectivity index (χ1) is 11.1. The van der Waals surface area contributed by atoms with E-state index in [1.807, 2.05) is 36.6 Å². The smallest absolute Gasteiger partial charge is 0.248 e. The zero-order chi connectivity index (χ0) is 16.4. The van der Waals surface area contributed by atoms with E-state index in [4.69, 9.17) is 0 Å². The highest BCUT2D eigenvalue weighted by atomic mass is 32.2. The maximum atomic E-state index is 12.1. The second kappa shape index (κ2) is 6.67. The van der Waals surface area contributed by atoms with Gasteiger partial charge in [0.15, 0.2) is 0 Å². The van der Waals surface area contributed by atoms with E-state index in [0.29, 0.717) is 6.04 Å². The Bertz CT molecular complexity index is 757. The van der Waals surface area contributed by atoms with Crippen LogP contribution in [0.1, 0.15) is 35.8 Å². The summed E-state index contributed by atoms with van der Waals surface area (Å²) in [5, 5.41) is 2.92. The molecular formula is C19H22N2OS. The fraction of sp³-hybridized carbons (Fsp3) is 0.316. The van der Waals surface area contributed by atoms with Crippen LogP contribution in [0.5, 0.6) is 0 Å². The number of anilines is 1. The molecule has 1 aliphatic rings. The molecule has 2 aromatic rings. The first-order valence-corrected chi connectivity index (χ1v) is 9.12. The van der Waals surface area contributed by atoms with Gasteiger partial charge in [-0.15, -0.1) is 11.8 Å². The summed E-state index contributed by atoms with van der Waals surface area (Å²) in [5.74, 6) is -0.0977. The zero-order valence-corrected chi connectivity index (χ0v) is 14.6. The van der Waals surface area contributed by atoms with Gasteiger partial charge in [-0.3, -0.25) is 4.79 Å². The molecule has 0 unspecified atom stereocenters. The summed E-state index contributed by atoms with van der Waals surface area (Å²) in [7, 11) is 0. The fourth-order valence-corrected chi connectivity index (χ4v) is 3.38. The van der Waals surface area contributed by atoms with Gasteiger partial charge in [-0.1, -0.05) is 6.07 Å². The van der Waals surface area contributed by atoms with Crippen molar-refractivity contribution < 1.29 is 4.79 Å². The third-order valence-electron chi connectivity index (χ3n) is 4.19. The number of thioether (sulfide) groups is 1. The lowest BCUT2D eigenvalue weighted by Crippen LogP contribution is -2.07. The largest absolute Gasteiger partial charge is 0.346 e. The summed E-state index contributed by atoms with van der Waals surface area (Å²) < 4.78 is 2.39. The molecule has 1 amide bonds. The Morgan fingerprint density at radius 1 is 1.30 bits per heavy atom. The van der Waals surface area contributed by atoms with E-state index in [1.54, 1.807) is 17.8 Å². The zero-order valence-electron chi connectivity index (χ0n) is 13.8. The molecule has 1 aromatic carbocycles. The molecule has 120 valence electrons. The minimum Gasteiger partial charge on any atom is -0.346 e. The van der Waals surface area contributed by atoms with Gasteiger partial charge in [0, 0.05) is 34.1 Å². The van der Waals surface area contributed by atoms with Crippen LogP contribution in [0.4, 0.5) is 5.69 Å². The van der Waals surface area contributed by atoms with Gasteiger partial charge >= 0.3 is 0 Å². The maximum Gasteiger partial charge on any atom is 0.248 e. The van der Waals surface area contributed by atoms with Crippen LogP contribution in [0.3, 0.4) is 0 Å². The van der Waals surface area contributed by atoms with Crippen molar-refractivity contribution in [3.8, 4) is 0 Å². The van der Waals surface area contributed by atoms with Crippen molar-refractivity contribution in [2.24, 2.45) is 0 Å². The molecule has 3 nitrogen and oxygen atoms in total. The maximum absolute atomic E-state index is 12.1. The second-order valence-corrected chi connectivity index (χ2v) is 6.86. The van der Waals surface area contributed by atoms with Crippen LogP contribution in [0.2, 0.25) is 0 Å². The number of benzene rings is 1. The predicted octanol–water partition coefficient (Wildman–Crippen LogP) is 4.81. The van der Waals surface area contributed by atoms with Crippen molar-refractivity contribution in [3.05, 3.63) is 53.4 Å². The molecule has 0 atom stereocenters. The van der Waals surface area contributed by atoms with E-state index in [0.717, 1.165) is 16.1 Å². The van der Waals surface area contributed by atoms with Gasteiger partial charge in [0.2, 0.25) is 5.91 Å². The number of aryl methyl sites for hydroxylation is 1. The van der Waals surface area contributed by atoms with E-state index in [9.17, 15) is 4.79 Å². The van der Waals surface area contributed by atoms with E-state index in [2.05, 4.69) is 29.8 Å². The summed E-state index contributed by atoms with van der Waals surface area (Å²) in [6.45, 7) is 4.27. The summed E-state index contributed by atoms with van der Waals surface area (Å²) in [5.41, 5.74) is 4.48. The van der Waals surface area contributed by atoms with Crippen molar-refractivity contribution in [3.63, 3.8) is 0 Å². The third-order valence-corrected chi connectivity index (χ3v) is 4.91. The lowest BCUT2D eigenvalue weighted by Gasteiger charge is -2.06. The standard InChI is InChI=1S/C19H22N2OS/c1-13-11-15(14(2)21(13)17-8-9-17)7-10-19(22)20-16-5-4-6-18(12-16)23-3/h4-7,10-12,17H,8-9H2,1-3H3,(H,20,22)/b10-7+. The van der Waals surface area contributed by atoms with Gasteiger partial charge in [-0.2, -0.15) is 0 Å². The van der Waals surface area contributed by atoms with Crippen LogP contribution >= 0.6 is 11.8 Å². The van der Waals surface area contributed by atoms with E-state index in [-0.39, 0.29) is 5.91 Å². The van der Waals surface area contributed by atoms with E-state index >= 15 is 0 Å². The van der Waals surface area contributed by atoms with Crippen LogP contribution in [0, 0.1) is 13.8 Å². The number of nitrogens with zero attached hydrogens (tertiary/aromatic N) is 1. The number of carbonyl (C=O) groups excluding carboxylic acids is 1.